The van der Waals surface area contributed by atoms with Crippen LogP contribution in [0.25, 0.3) is 0 Å². The zero-order chi connectivity index (χ0) is 11.5. The summed E-state index contributed by atoms with van der Waals surface area (Å²) in [6.45, 7) is 3.63. The maximum atomic E-state index is 5.74. The lowest BCUT2D eigenvalue weighted by atomic mass is 10.3. The van der Waals surface area contributed by atoms with Gasteiger partial charge < -0.3 is 10.5 Å². The van der Waals surface area contributed by atoms with E-state index in [-0.39, 0.29) is 0 Å². The number of benzene rings is 1. The molecule has 0 aliphatic rings. The number of hydrogen-bond donors (Lipinski definition) is 1. The lowest BCUT2D eigenvalue weighted by Crippen LogP contribution is -2.02. The second kappa shape index (κ2) is 4.18. The Morgan fingerprint density at radius 3 is 2.44 bits per heavy atom. The molecule has 0 bridgehead atoms. The zero-order valence-electron chi connectivity index (χ0n) is 9.27. The fraction of sp³-hybridized carbons (Fsp3) is 0.167. The highest BCUT2D eigenvalue weighted by Crippen LogP contribution is 2.25. The third-order valence-electron chi connectivity index (χ3n) is 2.21. The van der Waals surface area contributed by atoms with Crippen molar-refractivity contribution in [3.05, 3.63) is 41.7 Å². The molecule has 2 rings (SSSR count). The molecule has 0 fully saturated rings. The second-order valence-electron chi connectivity index (χ2n) is 3.50. The average molecular weight is 215 g/mol. The SMILES string of the molecule is Cc1nc(N)c(C)c(Oc2ccccc2)n1. The lowest BCUT2D eigenvalue weighted by Gasteiger charge is -2.09. The summed E-state index contributed by atoms with van der Waals surface area (Å²) in [6, 6.07) is 9.48. The van der Waals surface area contributed by atoms with Gasteiger partial charge in [0, 0.05) is 0 Å². The van der Waals surface area contributed by atoms with E-state index in [9.17, 15) is 0 Å². The number of hydrogen-bond acceptors (Lipinski definition) is 4. The molecule has 0 saturated heterocycles. The van der Waals surface area contributed by atoms with Gasteiger partial charge in [-0.15, -0.1) is 0 Å². The molecule has 4 nitrogen and oxygen atoms in total. The Hall–Kier alpha value is -2.10. The van der Waals surface area contributed by atoms with E-state index >= 15 is 0 Å². The Labute approximate surface area is 94.1 Å². The van der Waals surface area contributed by atoms with Crippen LogP contribution >= 0.6 is 0 Å². The van der Waals surface area contributed by atoms with E-state index in [0.717, 1.165) is 11.3 Å². The van der Waals surface area contributed by atoms with Gasteiger partial charge in [0.2, 0.25) is 5.88 Å². The first-order chi connectivity index (χ1) is 7.66. The van der Waals surface area contributed by atoms with Gasteiger partial charge in [-0.25, -0.2) is 4.98 Å². The Balaban J connectivity index is 2.35. The van der Waals surface area contributed by atoms with Crippen molar-refractivity contribution in [2.75, 3.05) is 5.73 Å². The first kappa shape index (κ1) is 10.4. The number of ether oxygens (including phenoxy) is 1. The fourth-order valence-electron chi connectivity index (χ4n) is 1.32. The number of aromatic nitrogens is 2. The number of rotatable bonds is 2. The number of nitrogens with two attached hydrogens (primary N) is 1. The Kier molecular flexibility index (Phi) is 2.72. The normalized spacial score (nSPS) is 10.1. The van der Waals surface area contributed by atoms with Crippen molar-refractivity contribution in [2.24, 2.45) is 0 Å². The van der Waals surface area contributed by atoms with Crippen molar-refractivity contribution in [3.63, 3.8) is 0 Å². The molecule has 0 spiro atoms. The van der Waals surface area contributed by atoms with Gasteiger partial charge in [-0.05, 0) is 26.0 Å². The van der Waals surface area contributed by atoms with E-state index in [2.05, 4.69) is 9.97 Å². The minimum Gasteiger partial charge on any atom is -0.439 e. The maximum Gasteiger partial charge on any atom is 0.227 e. The van der Waals surface area contributed by atoms with Gasteiger partial charge in [0.05, 0.1) is 5.56 Å². The van der Waals surface area contributed by atoms with Crippen molar-refractivity contribution < 1.29 is 4.74 Å². The summed E-state index contributed by atoms with van der Waals surface area (Å²) >= 11 is 0. The standard InChI is InChI=1S/C12H13N3O/c1-8-11(13)14-9(2)15-12(8)16-10-6-4-3-5-7-10/h3-7H,1-2H3,(H2,13,14,15). The Bertz CT molecular complexity index is 497. The van der Waals surface area contributed by atoms with E-state index in [0.29, 0.717) is 17.5 Å². The minimum absolute atomic E-state index is 0.457. The van der Waals surface area contributed by atoms with Gasteiger partial charge in [-0.2, -0.15) is 4.98 Å². The summed E-state index contributed by atoms with van der Waals surface area (Å²) in [7, 11) is 0. The molecule has 16 heavy (non-hydrogen) atoms. The summed E-state index contributed by atoms with van der Waals surface area (Å²) in [5.74, 6) is 2.31. The van der Waals surface area contributed by atoms with Gasteiger partial charge in [0.1, 0.15) is 17.4 Å². The maximum absolute atomic E-state index is 5.74. The van der Waals surface area contributed by atoms with Gasteiger partial charge >= 0.3 is 0 Å². The van der Waals surface area contributed by atoms with Crippen LogP contribution in [0, 0.1) is 13.8 Å². The lowest BCUT2D eigenvalue weighted by molar-refractivity contribution is 0.456. The van der Waals surface area contributed by atoms with E-state index in [1.807, 2.05) is 37.3 Å². The van der Waals surface area contributed by atoms with Crippen LogP contribution in [0.3, 0.4) is 0 Å². The predicted octanol–water partition coefficient (Wildman–Crippen LogP) is 2.47. The summed E-state index contributed by atoms with van der Waals surface area (Å²) in [5, 5.41) is 0. The molecule has 4 heteroatoms. The molecule has 2 aromatic rings. The van der Waals surface area contributed by atoms with Gasteiger partial charge in [-0.1, -0.05) is 18.2 Å². The van der Waals surface area contributed by atoms with Crippen LogP contribution in [-0.2, 0) is 0 Å². The van der Waals surface area contributed by atoms with Crippen LogP contribution in [0.1, 0.15) is 11.4 Å². The van der Waals surface area contributed by atoms with E-state index in [4.69, 9.17) is 10.5 Å². The first-order valence-electron chi connectivity index (χ1n) is 5.00. The van der Waals surface area contributed by atoms with Crippen molar-refractivity contribution in [1.82, 2.24) is 9.97 Å². The van der Waals surface area contributed by atoms with E-state index in [1.54, 1.807) is 6.92 Å². The topological polar surface area (TPSA) is 61.0 Å². The average Bonchev–Trinajstić information content (AvgIpc) is 2.27. The molecule has 0 radical (unpaired) electrons. The van der Waals surface area contributed by atoms with Crippen LogP contribution in [0.15, 0.2) is 30.3 Å². The fourth-order valence-corrected chi connectivity index (χ4v) is 1.32. The molecule has 1 heterocycles. The Morgan fingerprint density at radius 1 is 1.06 bits per heavy atom. The molecule has 0 unspecified atom stereocenters. The molecule has 0 saturated carbocycles. The molecule has 1 aromatic carbocycles. The molecule has 2 N–H and O–H groups in total. The van der Waals surface area contributed by atoms with Gasteiger partial charge in [0.25, 0.3) is 0 Å². The second-order valence-corrected chi connectivity index (χ2v) is 3.50. The number of anilines is 1. The smallest absolute Gasteiger partial charge is 0.227 e. The van der Waals surface area contributed by atoms with Crippen LogP contribution in [0.2, 0.25) is 0 Å². The molecule has 0 aliphatic heterocycles. The molecule has 0 amide bonds. The quantitative estimate of drug-likeness (QED) is 0.835. The highest BCUT2D eigenvalue weighted by Gasteiger charge is 2.08. The van der Waals surface area contributed by atoms with Crippen LogP contribution in [0.5, 0.6) is 11.6 Å². The monoisotopic (exact) mass is 215 g/mol. The molecule has 0 atom stereocenters. The highest BCUT2D eigenvalue weighted by atomic mass is 16.5. The van der Waals surface area contributed by atoms with Crippen LogP contribution in [-0.4, -0.2) is 9.97 Å². The van der Waals surface area contributed by atoms with Gasteiger partial charge in [-0.3, -0.25) is 0 Å². The third-order valence-corrected chi connectivity index (χ3v) is 2.21. The van der Waals surface area contributed by atoms with Crippen LogP contribution < -0.4 is 10.5 Å². The van der Waals surface area contributed by atoms with E-state index < -0.39 is 0 Å². The Morgan fingerprint density at radius 2 is 1.75 bits per heavy atom. The molecular formula is C12H13N3O. The molecular weight excluding hydrogens is 202 g/mol. The minimum atomic E-state index is 0.457. The van der Waals surface area contributed by atoms with Crippen molar-refractivity contribution in [2.45, 2.75) is 13.8 Å². The van der Waals surface area contributed by atoms with Crippen molar-refractivity contribution >= 4 is 5.82 Å². The number of nitrogen functional groups attached to an aromatic ring is 1. The molecule has 0 aliphatic carbocycles. The van der Waals surface area contributed by atoms with E-state index in [1.165, 1.54) is 0 Å². The number of aryl methyl sites for hydroxylation is 1. The molecule has 1 aromatic heterocycles. The summed E-state index contributed by atoms with van der Waals surface area (Å²) in [5.41, 5.74) is 6.50. The first-order valence-corrected chi connectivity index (χ1v) is 5.00. The van der Waals surface area contributed by atoms with Crippen molar-refractivity contribution in [1.29, 1.82) is 0 Å². The summed E-state index contributed by atoms with van der Waals surface area (Å²) in [4.78, 5) is 8.28. The molecule has 82 valence electrons. The van der Waals surface area contributed by atoms with Gasteiger partial charge in [0.15, 0.2) is 0 Å². The van der Waals surface area contributed by atoms with Crippen LogP contribution in [0.4, 0.5) is 5.82 Å². The summed E-state index contributed by atoms with van der Waals surface area (Å²) < 4.78 is 5.64. The zero-order valence-corrected chi connectivity index (χ0v) is 9.27. The summed E-state index contributed by atoms with van der Waals surface area (Å²) in [6.07, 6.45) is 0. The third kappa shape index (κ3) is 2.11. The van der Waals surface area contributed by atoms with Crippen molar-refractivity contribution in [3.8, 4) is 11.6 Å². The predicted molar refractivity (Wildman–Crippen MR) is 62.4 cm³/mol. The number of nitrogens with zero attached hydrogens (tertiary/aromatic N) is 2. The largest absolute Gasteiger partial charge is 0.439 e. The number of para-hydroxylation sites is 1. The highest BCUT2D eigenvalue weighted by molar-refractivity contribution is 5.45.